The first-order valence-electron chi connectivity index (χ1n) is 6.53. The van der Waals surface area contributed by atoms with Gasteiger partial charge in [0, 0.05) is 22.6 Å². The number of benzene rings is 1. The summed E-state index contributed by atoms with van der Waals surface area (Å²) in [4.78, 5) is 14.3. The van der Waals surface area contributed by atoms with E-state index in [4.69, 9.17) is 0 Å². The molecule has 0 aliphatic heterocycles. The second-order valence-corrected chi connectivity index (χ2v) is 6.30. The third-order valence-electron chi connectivity index (χ3n) is 3.32. The molecule has 3 nitrogen and oxygen atoms in total. The monoisotopic (exact) mass is 326 g/mol. The highest BCUT2D eigenvalue weighted by Crippen LogP contribution is 2.17. The molecule has 0 saturated carbocycles. The van der Waals surface area contributed by atoms with E-state index in [0.29, 0.717) is 24.1 Å². The van der Waals surface area contributed by atoms with Crippen molar-refractivity contribution in [1.29, 1.82) is 0 Å². The molecule has 106 valence electrons. The minimum absolute atomic E-state index is 0.0110. The predicted octanol–water partition coefficient (Wildman–Crippen LogP) is 3.07. The second-order valence-electron chi connectivity index (χ2n) is 5.45. The highest BCUT2D eigenvalue weighted by Gasteiger charge is 2.17. The van der Waals surface area contributed by atoms with E-state index in [1.54, 1.807) is 0 Å². The van der Waals surface area contributed by atoms with Crippen LogP contribution in [0.5, 0.6) is 0 Å². The van der Waals surface area contributed by atoms with Crippen LogP contribution in [0.1, 0.15) is 29.8 Å². The molecular formula is C15H23BrN2O. The molecule has 1 rings (SSSR count). The number of likely N-dealkylation sites (N-methyl/N-ethyl adjacent to an activating group) is 1. The average molecular weight is 327 g/mol. The number of carbonyl (C=O) groups is 1. The molecule has 19 heavy (non-hydrogen) atoms. The van der Waals surface area contributed by atoms with Crippen molar-refractivity contribution < 1.29 is 4.79 Å². The molecule has 1 aromatic carbocycles. The molecule has 1 aromatic rings. The molecule has 0 aliphatic carbocycles. The van der Waals surface area contributed by atoms with Crippen LogP contribution in [0.15, 0.2) is 22.7 Å². The van der Waals surface area contributed by atoms with Gasteiger partial charge in [-0.1, -0.05) is 29.8 Å². The summed E-state index contributed by atoms with van der Waals surface area (Å²) < 4.78 is 1.03. The number of amides is 1. The summed E-state index contributed by atoms with van der Waals surface area (Å²) >= 11 is 3.44. The van der Waals surface area contributed by atoms with E-state index in [2.05, 4.69) is 40.0 Å². The zero-order valence-electron chi connectivity index (χ0n) is 12.3. The van der Waals surface area contributed by atoms with E-state index in [1.165, 1.54) is 0 Å². The van der Waals surface area contributed by atoms with E-state index in [9.17, 15) is 4.79 Å². The summed E-state index contributed by atoms with van der Waals surface area (Å²) in [6.45, 7) is 6.98. The van der Waals surface area contributed by atoms with Crippen LogP contribution in [0, 0.1) is 12.8 Å². The molecule has 0 radical (unpaired) electrons. The summed E-state index contributed by atoms with van der Waals surface area (Å²) in [5.74, 6) is 0.491. The molecule has 0 aliphatic rings. The second kappa shape index (κ2) is 7.06. The highest BCUT2D eigenvalue weighted by atomic mass is 79.9. The molecule has 0 aromatic heterocycles. The summed E-state index contributed by atoms with van der Waals surface area (Å²) in [6, 6.07) is 6.00. The largest absolute Gasteiger partial charge is 0.350 e. The third-order valence-corrected chi connectivity index (χ3v) is 4.21. The molecule has 4 heteroatoms. The molecule has 1 N–H and O–H groups in total. The Morgan fingerprint density at radius 1 is 1.37 bits per heavy atom. The van der Waals surface area contributed by atoms with Crippen molar-refractivity contribution in [3.05, 3.63) is 33.8 Å². The van der Waals surface area contributed by atoms with Crippen molar-refractivity contribution in [1.82, 2.24) is 10.2 Å². The van der Waals surface area contributed by atoms with Crippen molar-refractivity contribution in [3.63, 3.8) is 0 Å². The summed E-state index contributed by atoms with van der Waals surface area (Å²) in [6.07, 6.45) is 0. The maximum atomic E-state index is 12.1. The fourth-order valence-corrected chi connectivity index (χ4v) is 2.35. The Balaban J connectivity index is 2.66. The van der Waals surface area contributed by atoms with E-state index in [1.807, 2.05) is 39.2 Å². The average Bonchev–Trinajstić information content (AvgIpc) is 2.31. The first kappa shape index (κ1) is 16.2. The van der Waals surface area contributed by atoms with Crippen molar-refractivity contribution in [3.8, 4) is 0 Å². The lowest BCUT2D eigenvalue weighted by molar-refractivity contribution is 0.0934. The minimum atomic E-state index is -0.0110. The van der Waals surface area contributed by atoms with Crippen molar-refractivity contribution >= 4 is 21.8 Å². The molecule has 0 bridgehead atoms. The molecule has 0 spiro atoms. The van der Waals surface area contributed by atoms with Crippen LogP contribution in [-0.4, -0.2) is 37.5 Å². The standard InChI is InChI=1S/C15H23BrN2O/c1-10(2)14(18(4)5)9-17-15(19)12-6-7-13(16)11(3)8-12/h6-8,10,14H,9H2,1-5H3,(H,17,19). The van der Waals surface area contributed by atoms with Crippen molar-refractivity contribution in [2.24, 2.45) is 5.92 Å². The lowest BCUT2D eigenvalue weighted by Crippen LogP contribution is -2.43. The van der Waals surface area contributed by atoms with Gasteiger partial charge in [0.2, 0.25) is 0 Å². The van der Waals surface area contributed by atoms with E-state index < -0.39 is 0 Å². The van der Waals surface area contributed by atoms with Gasteiger partial charge in [0.15, 0.2) is 0 Å². The molecular weight excluding hydrogens is 304 g/mol. The predicted molar refractivity (Wildman–Crippen MR) is 83.5 cm³/mol. The third kappa shape index (κ3) is 4.62. The molecule has 0 saturated heterocycles. The number of hydrogen-bond acceptors (Lipinski definition) is 2. The van der Waals surface area contributed by atoms with E-state index in [0.717, 1.165) is 10.0 Å². The zero-order valence-corrected chi connectivity index (χ0v) is 13.9. The molecule has 0 heterocycles. The smallest absolute Gasteiger partial charge is 0.251 e. The molecule has 1 amide bonds. The van der Waals surface area contributed by atoms with Crippen LogP contribution < -0.4 is 5.32 Å². The summed E-state index contributed by atoms with van der Waals surface area (Å²) in [7, 11) is 4.08. The van der Waals surface area contributed by atoms with E-state index in [-0.39, 0.29) is 5.91 Å². The number of nitrogens with one attached hydrogen (secondary N) is 1. The van der Waals surface area contributed by atoms with Gasteiger partial charge in [-0.05, 0) is 50.7 Å². The highest BCUT2D eigenvalue weighted by molar-refractivity contribution is 9.10. The first-order chi connectivity index (χ1) is 8.82. The van der Waals surface area contributed by atoms with Gasteiger partial charge in [0.1, 0.15) is 0 Å². The number of aryl methyl sites for hydroxylation is 1. The normalized spacial score (nSPS) is 12.8. The Labute approximate surface area is 124 Å². The van der Waals surface area contributed by atoms with Gasteiger partial charge in [0.25, 0.3) is 5.91 Å². The molecule has 1 unspecified atom stereocenters. The summed E-state index contributed by atoms with van der Waals surface area (Å²) in [5.41, 5.74) is 1.78. The van der Waals surface area contributed by atoms with Crippen molar-refractivity contribution in [2.75, 3.05) is 20.6 Å². The van der Waals surface area contributed by atoms with Gasteiger partial charge in [-0.2, -0.15) is 0 Å². The fraction of sp³-hybridized carbons (Fsp3) is 0.533. The van der Waals surface area contributed by atoms with Crippen LogP contribution in [-0.2, 0) is 0 Å². The van der Waals surface area contributed by atoms with Crippen molar-refractivity contribution in [2.45, 2.75) is 26.8 Å². The Kier molecular flexibility index (Phi) is 6.01. The van der Waals surface area contributed by atoms with Gasteiger partial charge in [-0.25, -0.2) is 0 Å². The van der Waals surface area contributed by atoms with Gasteiger partial charge >= 0.3 is 0 Å². The first-order valence-corrected chi connectivity index (χ1v) is 7.33. The number of nitrogens with zero attached hydrogens (tertiary/aromatic N) is 1. The Morgan fingerprint density at radius 2 is 2.00 bits per heavy atom. The quantitative estimate of drug-likeness (QED) is 0.901. The Morgan fingerprint density at radius 3 is 2.47 bits per heavy atom. The SMILES string of the molecule is Cc1cc(C(=O)NCC(C(C)C)N(C)C)ccc1Br. The lowest BCUT2D eigenvalue weighted by Gasteiger charge is -2.28. The Bertz CT molecular complexity index is 436. The Hall–Kier alpha value is -0.870. The number of rotatable bonds is 5. The van der Waals surface area contributed by atoms with Crippen LogP contribution in [0.3, 0.4) is 0 Å². The maximum Gasteiger partial charge on any atom is 0.251 e. The van der Waals surface area contributed by atoms with Gasteiger partial charge in [-0.15, -0.1) is 0 Å². The van der Waals surface area contributed by atoms with Crippen LogP contribution >= 0.6 is 15.9 Å². The molecule has 0 fully saturated rings. The fourth-order valence-electron chi connectivity index (χ4n) is 2.10. The number of halogens is 1. The number of carbonyl (C=O) groups excluding carboxylic acids is 1. The number of hydrogen-bond donors (Lipinski definition) is 1. The van der Waals surface area contributed by atoms with Crippen LogP contribution in [0.4, 0.5) is 0 Å². The van der Waals surface area contributed by atoms with E-state index >= 15 is 0 Å². The lowest BCUT2D eigenvalue weighted by atomic mass is 10.0. The van der Waals surface area contributed by atoms with Crippen LogP contribution in [0.2, 0.25) is 0 Å². The molecule has 1 atom stereocenters. The topological polar surface area (TPSA) is 32.3 Å². The van der Waals surface area contributed by atoms with Gasteiger partial charge in [-0.3, -0.25) is 4.79 Å². The summed E-state index contributed by atoms with van der Waals surface area (Å²) in [5, 5.41) is 3.01. The minimum Gasteiger partial charge on any atom is -0.350 e. The van der Waals surface area contributed by atoms with Gasteiger partial charge in [0.05, 0.1) is 0 Å². The van der Waals surface area contributed by atoms with Crippen LogP contribution in [0.25, 0.3) is 0 Å². The zero-order chi connectivity index (χ0) is 14.6. The van der Waals surface area contributed by atoms with Gasteiger partial charge < -0.3 is 10.2 Å². The maximum absolute atomic E-state index is 12.1.